The average molecular weight is 376 g/mol. The molecular weight excluding hydrogens is 356 g/mol. The van der Waals surface area contributed by atoms with Crippen LogP contribution in [0.15, 0.2) is 55.1 Å². The van der Waals surface area contributed by atoms with E-state index in [4.69, 9.17) is 0 Å². The van der Waals surface area contributed by atoms with E-state index in [0.29, 0.717) is 0 Å². The van der Waals surface area contributed by atoms with Crippen molar-refractivity contribution in [1.29, 1.82) is 0 Å². The Morgan fingerprint density at radius 1 is 0.926 bits per heavy atom. The molecule has 2 aromatic rings. The summed E-state index contributed by atoms with van der Waals surface area (Å²) < 4.78 is 53.7. The molecular formula is C22H20F4O. The van der Waals surface area contributed by atoms with Gasteiger partial charge in [0, 0.05) is 11.1 Å². The maximum absolute atomic E-state index is 13.7. The molecule has 0 heterocycles. The van der Waals surface area contributed by atoms with Crippen LogP contribution in [0.25, 0.3) is 0 Å². The summed E-state index contributed by atoms with van der Waals surface area (Å²) >= 11 is 0. The Morgan fingerprint density at radius 3 is 2.22 bits per heavy atom. The first-order chi connectivity index (χ1) is 12.9. The number of allylic oxidation sites excluding steroid dienone is 1. The number of benzene rings is 2. The summed E-state index contributed by atoms with van der Waals surface area (Å²) in [6.07, 6.45) is 2.46. The molecule has 0 saturated heterocycles. The van der Waals surface area contributed by atoms with Crippen molar-refractivity contribution < 1.29 is 22.3 Å². The van der Waals surface area contributed by atoms with E-state index in [9.17, 15) is 17.6 Å². The van der Waals surface area contributed by atoms with Crippen molar-refractivity contribution in [3.05, 3.63) is 77.6 Å². The van der Waals surface area contributed by atoms with E-state index in [2.05, 4.69) is 23.2 Å². The van der Waals surface area contributed by atoms with E-state index < -0.39 is 17.9 Å². The molecule has 0 radical (unpaired) electrons. The molecule has 2 rings (SSSR count). The maximum atomic E-state index is 13.7. The topological polar surface area (TPSA) is 9.23 Å². The minimum absolute atomic E-state index is 0.272. The molecule has 0 aliphatic heterocycles. The second kappa shape index (κ2) is 9.82. The van der Waals surface area contributed by atoms with E-state index in [1.807, 2.05) is 30.3 Å². The minimum atomic E-state index is -4.93. The predicted octanol–water partition coefficient (Wildman–Crippen LogP) is 6.41. The van der Waals surface area contributed by atoms with Crippen LogP contribution >= 0.6 is 0 Å². The van der Waals surface area contributed by atoms with Crippen LogP contribution in [0.3, 0.4) is 0 Å². The van der Waals surface area contributed by atoms with Crippen LogP contribution in [0.2, 0.25) is 0 Å². The molecule has 0 aliphatic carbocycles. The third kappa shape index (κ3) is 7.57. The Bertz CT molecular complexity index is 811. The number of hydrogen-bond donors (Lipinski definition) is 0. The van der Waals surface area contributed by atoms with E-state index in [1.165, 1.54) is 11.6 Å². The Hall–Kier alpha value is -2.74. The fourth-order valence-corrected chi connectivity index (χ4v) is 2.48. The van der Waals surface area contributed by atoms with Gasteiger partial charge in [0.1, 0.15) is 0 Å². The van der Waals surface area contributed by atoms with Crippen LogP contribution in [0, 0.1) is 17.7 Å². The largest absolute Gasteiger partial charge is 0.573 e. The van der Waals surface area contributed by atoms with Crippen molar-refractivity contribution >= 4 is 0 Å². The molecule has 0 aliphatic rings. The van der Waals surface area contributed by atoms with Crippen LogP contribution in [-0.4, -0.2) is 6.36 Å². The Morgan fingerprint density at radius 2 is 1.59 bits per heavy atom. The first-order valence-corrected chi connectivity index (χ1v) is 8.64. The lowest BCUT2D eigenvalue weighted by Crippen LogP contribution is -2.17. The molecule has 27 heavy (non-hydrogen) atoms. The number of rotatable bonds is 7. The van der Waals surface area contributed by atoms with Crippen molar-refractivity contribution in [3.63, 3.8) is 0 Å². The van der Waals surface area contributed by atoms with Crippen LogP contribution in [0.4, 0.5) is 17.6 Å². The summed E-state index contributed by atoms with van der Waals surface area (Å²) in [6, 6.07) is 10.9. The second-order valence-corrected chi connectivity index (χ2v) is 6.03. The highest BCUT2D eigenvalue weighted by Gasteiger charge is 2.32. The van der Waals surface area contributed by atoms with E-state index in [-0.39, 0.29) is 5.56 Å². The molecule has 0 bridgehead atoms. The Kier molecular flexibility index (Phi) is 7.48. The maximum Gasteiger partial charge on any atom is 0.573 e. The third-order valence-electron chi connectivity index (χ3n) is 3.84. The molecule has 0 spiro atoms. The number of ether oxygens (including phenoxy) is 1. The SMILES string of the molecule is C=CCCCCCc1ccc(C#Cc2ccc(OC(F)(F)F)c(F)c2)cc1. The molecule has 0 fully saturated rings. The van der Waals surface area contributed by atoms with Crippen LogP contribution < -0.4 is 4.74 Å². The zero-order valence-electron chi connectivity index (χ0n) is 14.8. The second-order valence-electron chi connectivity index (χ2n) is 6.03. The van der Waals surface area contributed by atoms with Gasteiger partial charge in [-0.05, 0) is 61.6 Å². The summed E-state index contributed by atoms with van der Waals surface area (Å²) in [5, 5.41) is 0. The molecule has 0 atom stereocenters. The summed E-state index contributed by atoms with van der Waals surface area (Å²) in [4.78, 5) is 0. The molecule has 0 N–H and O–H groups in total. The highest BCUT2D eigenvalue weighted by atomic mass is 19.4. The molecule has 0 amide bonds. The van der Waals surface area contributed by atoms with Gasteiger partial charge in [0.05, 0.1) is 0 Å². The molecule has 0 unspecified atom stereocenters. The predicted molar refractivity (Wildman–Crippen MR) is 97.9 cm³/mol. The lowest BCUT2D eigenvalue weighted by molar-refractivity contribution is -0.275. The van der Waals surface area contributed by atoms with Gasteiger partial charge in [0.2, 0.25) is 0 Å². The molecule has 1 nitrogen and oxygen atoms in total. The van der Waals surface area contributed by atoms with E-state index in [0.717, 1.165) is 49.8 Å². The fourth-order valence-electron chi connectivity index (χ4n) is 2.48. The van der Waals surface area contributed by atoms with E-state index in [1.54, 1.807) is 0 Å². The number of unbranched alkanes of at least 4 members (excludes halogenated alkanes) is 3. The standard InChI is InChI=1S/C22H20F4O/c1-2-3-4-5-6-7-17-8-10-18(11-9-17)12-13-19-14-15-21(20(23)16-19)27-22(24,25)26/h2,8-11,14-16H,1,3-7H2. The van der Waals surface area contributed by atoms with Crippen molar-refractivity contribution in [3.8, 4) is 17.6 Å². The van der Waals surface area contributed by atoms with Crippen molar-refractivity contribution in [2.24, 2.45) is 0 Å². The first-order valence-electron chi connectivity index (χ1n) is 8.64. The van der Waals surface area contributed by atoms with Gasteiger partial charge in [-0.15, -0.1) is 19.8 Å². The van der Waals surface area contributed by atoms with Gasteiger partial charge >= 0.3 is 6.36 Å². The quantitative estimate of drug-likeness (QED) is 0.235. The summed E-state index contributed by atoms with van der Waals surface area (Å²) in [7, 11) is 0. The lowest BCUT2D eigenvalue weighted by atomic mass is 10.0. The van der Waals surface area contributed by atoms with Gasteiger partial charge in [-0.1, -0.05) is 36.5 Å². The van der Waals surface area contributed by atoms with Crippen LogP contribution in [0.1, 0.15) is 42.4 Å². The molecule has 5 heteroatoms. The molecule has 0 saturated carbocycles. The Balaban J connectivity index is 1.95. The zero-order valence-corrected chi connectivity index (χ0v) is 14.8. The van der Waals surface area contributed by atoms with E-state index >= 15 is 0 Å². The lowest BCUT2D eigenvalue weighted by Gasteiger charge is -2.09. The highest BCUT2D eigenvalue weighted by molar-refractivity contribution is 5.45. The monoisotopic (exact) mass is 376 g/mol. The number of halogens is 4. The molecule has 142 valence electrons. The summed E-state index contributed by atoms with van der Waals surface area (Å²) in [5.41, 5.74) is 2.24. The van der Waals surface area contributed by atoms with Gasteiger partial charge in [-0.2, -0.15) is 0 Å². The van der Waals surface area contributed by atoms with Crippen molar-refractivity contribution in [2.45, 2.75) is 38.5 Å². The number of alkyl halides is 3. The zero-order chi connectivity index (χ0) is 19.7. The Labute approximate surface area is 156 Å². The minimum Gasteiger partial charge on any atom is -0.403 e. The highest BCUT2D eigenvalue weighted by Crippen LogP contribution is 2.25. The van der Waals surface area contributed by atoms with Gasteiger partial charge < -0.3 is 4.74 Å². The van der Waals surface area contributed by atoms with Crippen molar-refractivity contribution in [1.82, 2.24) is 0 Å². The van der Waals surface area contributed by atoms with Gasteiger partial charge in [-0.25, -0.2) is 4.39 Å². The normalized spacial score (nSPS) is 10.8. The average Bonchev–Trinajstić information content (AvgIpc) is 2.62. The first kappa shape index (κ1) is 20.6. The summed E-state index contributed by atoms with van der Waals surface area (Å²) in [6.45, 7) is 3.70. The number of hydrogen-bond acceptors (Lipinski definition) is 1. The van der Waals surface area contributed by atoms with Gasteiger partial charge in [-0.3, -0.25) is 0 Å². The van der Waals surface area contributed by atoms with Crippen molar-refractivity contribution in [2.75, 3.05) is 0 Å². The molecule has 0 aromatic heterocycles. The smallest absolute Gasteiger partial charge is 0.403 e. The summed E-state index contributed by atoms with van der Waals surface area (Å²) in [5.74, 6) is 3.64. The van der Waals surface area contributed by atoms with Crippen LogP contribution in [0.5, 0.6) is 5.75 Å². The fraction of sp³-hybridized carbons (Fsp3) is 0.273. The van der Waals surface area contributed by atoms with Gasteiger partial charge in [0.25, 0.3) is 0 Å². The number of aryl methyl sites for hydroxylation is 1. The van der Waals surface area contributed by atoms with Gasteiger partial charge in [0.15, 0.2) is 11.6 Å². The van der Waals surface area contributed by atoms with Crippen LogP contribution in [-0.2, 0) is 6.42 Å². The third-order valence-corrected chi connectivity index (χ3v) is 3.84. The molecule has 2 aromatic carbocycles.